The van der Waals surface area contributed by atoms with Crippen LogP contribution in [0.3, 0.4) is 0 Å². The summed E-state index contributed by atoms with van der Waals surface area (Å²) < 4.78 is 29.5. The van der Waals surface area contributed by atoms with E-state index in [0.717, 1.165) is 12.1 Å². The molecule has 0 heterocycles. The fraction of sp³-hybridized carbons (Fsp3) is 0. The number of hydrogen-bond acceptors (Lipinski definition) is 1. The SMILES string of the molecule is Fc1cccc(F)c1[O][Zr]. The predicted molar refractivity (Wildman–Crippen MR) is 27.0 cm³/mol. The van der Waals surface area contributed by atoms with Gasteiger partial charge in [0.2, 0.25) is 0 Å². The van der Waals surface area contributed by atoms with Gasteiger partial charge < -0.3 is 0 Å². The van der Waals surface area contributed by atoms with Gasteiger partial charge in [0.1, 0.15) is 0 Å². The molecule has 0 unspecified atom stereocenters. The molecule has 0 spiro atoms. The molecule has 0 aliphatic heterocycles. The summed E-state index contributed by atoms with van der Waals surface area (Å²) in [6.45, 7) is 0. The third-order valence-corrected chi connectivity index (χ3v) is 1.52. The second-order valence-corrected chi connectivity index (χ2v) is 2.15. The van der Waals surface area contributed by atoms with Crippen LogP contribution in [0, 0.1) is 11.6 Å². The van der Waals surface area contributed by atoms with Crippen molar-refractivity contribution in [2.24, 2.45) is 0 Å². The average molecular weight is 220 g/mol. The van der Waals surface area contributed by atoms with E-state index in [1.54, 1.807) is 0 Å². The van der Waals surface area contributed by atoms with Crippen LogP contribution in [0.1, 0.15) is 0 Å². The summed E-state index contributed by atoms with van der Waals surface area (Å²) in [5.74, 6) is -1.60. The Kier molecular flexibility index (Phi) is 2.55. The number of benzene rings is 1. The molecule has 0 aromatic heterocycles. The summed E-state index contributed by atoms with van der Waals surface area (Å²) in [7, 11) is 0. The Morgan fingerprint density at radius 1 is 1.20 bits per heavy atom. The molecule has 0 saturated carbocycles. The molecule has 51 valence electrons. The Morgan fingerprint density at radius 3 is 2.00 bits per heavy atom. The summed E-state index contributed by atoms with van der Waals surface area (Å²) in [4.78, 5) is 0. The Morgan fingerprint density at radius 2 is 1.70 bits per heavy atom. The third-order valence-electron chi connectivity index (χ3n) is 1.02. The Hall–Kier alpha value is -0.237. The Labute approximate surface area is 72.5 Å². The summed E-state index contributed by atoms with van der Waals surface area (Å²) >= 11 is 0.621. The number of para-hydroxylation sites is 1. The molecule has 0 atom stereocenters. The fourth-order valence-corrected chi connectivity index (χ4v) is 1.06. The minimum absolute atomic E-state index is 0.291. The minimum atomic E-state index is -0.656. The molecule has 4 heteroatoms. The topological polar surface area (TPSA) is 9.23 Å². The van der Waals surface area contributed by atoms with Crippen LogP contribution in [-0.4, -0.2) is 0 Å². The van der Waals surface area contributed by atoms with Crippen LogP contribution >= 0.6 is 0 Å². The van der Waals surface area contributed by atoms with Gasteiger partial charge in [-0.3, -0.25) is 0 Å². The van der Waals surface area contributed by atoms with Gasteiger partial charge in [-0.05, 0) is 0 Å². The molecule has 1 rings (SSSR count). The van der Waals surface area contributed by atoms with Crippen LogP contribution in [-0.2, 0) is 25.2 Å². The zero-order valence-corrected chi connectivity index (χ0v) is 7.35. The first-order valence-electron chi connectivity index (χ1n) is 2.53. The van der Waals surface area contributed by atoms with Crippen molar-refractivity contribution in [3.05, 3.63) is 29.8 Å². The first kappa shape index (κ1) is 7.87. The van der Waals surface area contributed by atoms with Crippen LogP contribution in [0.25, 0.3) is 0 Å². The maximum absolute atomic E-state index is 12.5. The van der Waals surface area contributed by atoms with Gasteiger partial charge >= 0.3 is 72.3 Å². The molecule has 1 aromatic rings. The predicted octanol–water partition coefficient (Wildman–Crippen LogP) is 1.81. The second kappa shape index (κ2) is 3.24. The van der Waals surface area contributed by atoms with Gasteiger partial charge in [0.25, 0.3) is 0 Å². The molecule has 1 aromatic carbocycles. The molecule has 0 aliphatic carbocycles. The van der Waals surface area contributed by atoms with Gasteiger partial charge in [-0.15, -0.1) is 0 Å². The van der Waals surface area contributed by atoms with Crippen molar-refractivity contribution in [3.63, 3.8) is 0 Å². The zero-order valence-electron chi connectivity index (χ0n) is 4.90. The van der Waals surface area contributed by atoms with E-state index < -0.39 is 11.6 Å². The summed E-state index contributed by atoms with van der Waals surface area (Å²) in [6, 6.07) is 3.61. The molecule has 0 bridgehead atoms. The van der Waals surface area contributed by atoms with E-state index in [1.807, 2.05) is 0 Å². The van der Waals surface area contributed by atoms with E-state index in [1.165, 1.54) is 6.07 Å². The molecule has 0 radical (unpaired) electrons. The normalized spacial score (nSPS) is 9.30. The van der Waals surface area contributed by atoms with Gasteiger partial charge in [-0.25, -0.2) is 0 Å². The summed E-state index contributed by atoms with van der Waals surface area (Å²) in [5.41, 5.74) is 0. The van der Waals surface area contributed by atoms with Crippen molar-refractivity contribution >= 4 is 0 Å². The van der Waals surface area contributed by atoms with Crippen molar-refractivity contribution in [2.75, 3.05) is 0 Å². The van der Waals surface area contributed by atoms with Crippen LogP contribution < -0.4 is 2.81 Å². The molecule has 0 amide bonds. The Balaban J connectivity index is 3.17. The number of halogens is 2. The van der Waals surface area contributed by atoms with E-state index >= 15 is 0 Å². The van der Waals surface area contributed by atoms with E-state index in [-0.39, 0.29) is 5.75 Å². The van der Waals surface area contributed by atoms with E-state index in [0.29, 0.717) is 25.2 Å². The van der Waals surface area contributed by atoms with Crippen LogP contribution in [0.5, 0.6) is 5.75 Å². The van der Waals surface area contributed by atoms with Gasteiger partial charge in [-0.1, -0.05) is 0 Å². The molecular formula is C6H3F2OZr. The zero-order chi connectivity index (χ0) is 7.56. The van der Waals surface area contributed by atoms with Gasteiger partial charge in [-0.2, -0.15) is 0 Å². The molecule has 0 aliphatic rings. The standard InChI is InChI=1S/C6H4F2O.Zr/c7-4-2-1-3-5(8)6(4)9;/h1-3,9H;/q;+1/p-1. The van der Waals surface area contributed by atoms with Crippen LogP contribution in [0.4, 0.5) is 8.78 Å². The van der Waals surface area contributed by atoms with E-state index in [9.17, 15) is 8.78 Å². The van der Waals surface area contributed by atoms with E-state index in [4.69, 9.17) is 0 Å². The summed E-state index contributed by atoms with van der Waals surface area (Å²) in [6.07, 6.45) is 0. The Bertz CT molecular complexity index is 219. The van der Waals surface area contributed by atoms with Crippen molar-refractivity contribution in [2.45, 2.75) is 0 Å². The van der Waals surface area contributed by atoms with Crippen molar-refractivity contribution < 1.29 is 36.8 Å². The third kappa shape index (κ3) is 1.43. The molecule has 0 saturated heterocycles. The second-order valence-electron chi connectivity index (χ2n) is 1.65. The maximum atomic E-state index is 12.5. The number of hydrogen-bond donors (Lipinski definition) is 0. The number of rotatable bonds is 1. The monoisotopic (exact) mass is 219 g/mol. The summed E-state index contributed by atoms with van der Waals surface area (Å²) in [5, 5.41) is 0. The first-order valence-corrected chi connectivity index (χ1v) is 3.53. The quantitative estimate of drug-likeness (QED) is 0.701. The van der Waals surface area contributed by atoms with E-state index in [2.05, 4.69) is 2.81 Å². The molecule has 1 nitrogen and oxygen atoms in total. The molecular weight excluding hydrogens is 217 g/mol. The van der Waals surface area contributed by atoms with Gasteiger partial charge in [0.05, 0.1) is 0 Å². The van der Waals surface area contributed by atoms with Gasteiger partial charge in [0, 0.05) is 0 Å². The van der Waals surface area contributed by atoms with Crippen molar-refractivity contribution in [3.8, 4) is 5.75 Å². The van der Waals surface area contributed by atoms with Crippen molar-refractivity contribution in [1.29, 1.82) is 0 Å². The molecule has 0 N–H and O–H groups in total. The van der Waals surface area contributed by atoms with Crippen molar-refractivity contribution in [1.82, 2.24) is 0 Å². The first-order chi connectivity index (χ1) is 4.75. The van der Waals surface area contributed by atoms with Crippen LogP contribution in [0.2, 0.25) is 0 Å². The molecule has 0 fully saturated rings. The van der Waals surface area contributed by atoms with Crippen LogP contribution in [0.15, 0.2) is 18.2 Å². The molecule has 10 heavy (non-hydrogen) atoms. The fourth-order valence-electron chi connectivity index (χ4n) is 0.580. The average Bonchev–Trinajstić information content (AvgIpc) is 1.88. The van der Waals surface area contributed by atoms with Gasteiger partial charge in [0.15, 0.2) is 0 Å².